The van der Waals surface area contributed by atoms with Crippen LogP contribution in [0.2, 0.25) is 5.02 Å². The van der Waals surface area contributed by atoms with Gasteiger partial charge < -0.3 is 10.2 Å². The molecule has 1 aromatic carbocycles. The zero-order chi connectivity index (χ0) is 16.1. The number of carbonyl (C=O) groups excluding carboxylic acids is 1. The predicted octanol–water partition coefficient (Wildman–Crippen LogP) is 2.93. The molecule has 6 heteroatoms. The van der Waals surface area contributed by atoms with E-state index in [1.165, 1.54) is 0 Å². The zero-order valence-corrected chi connectivity index (χ0v) is 14.0. The highest BCUT2D eigenvalue weighted by Gasteiger charge is 2.22. The third kappa shape index (κ3) is 4.47. The van der Waals surface area contributed by atoms with E-state index in [2.05, 4.69) is 27.0 Å². The van der Waals surface area contributed by atoms with Gasteiger partial charge in [0.15, 0.2) is 5.13 Å². The summed E-state index contributed by atoms with van der Waals surface area (Å²) in [5, 5.41) is 6.57. The number of rotatable bonds is 2. The Morgan fingerprint density at radius 1 is 1.48 bits per heavy atom. The number of amides is 1. The van der Waals surface area contributed by atoms with Gasteiger partial charge in [0, 0.05) is 47.2 Å². The molecule has 3 rings (SSSR count). The molecule has 118 valence electrons. The van der Waals surface area contributed by atoms with Crippen molar-refractivity contribution in [3.8, 4) is 11.8 Å². The first-order chi connectivity index (χ1) is 11.2. The van der Waals surface area contributed by atoms with E-state index in [0.717, 1.165) is 36.6 Å². The first-order valence-electron chi connectivity index (χ1n) is 7.43. The minimum absolute atomic E-state index is 0.105. The van der Waals surface area contributed by atoms with Gasteiger partial charge in [-0.1, -0.05) is 23.6 Å². The molecule has 2 aromatic rings. The second-order valence-electron chi connectivity index (χ2n) is 5.33. The molecule has 4 nitrogen and oxygen atoms in total. The van der Waals surface area contributed by atoms with Crippen molar-refractivity contribution in [2.75, 3.05) is 18.0 Å². The number of aromatic nitrogens is 1. The number of halogens is 1. The van der Waals surface area contributed by atoms with Crippen molar-refractivity contribution in [2.45, 2.75) is 18.9 Å². The molecule has 1 amide bonds. The van der Waals surface area contributed by atoms with Crippen molar-refractivity contribution in [3.05, 3.63) is 46.4 Å². The zero-order valence-electron chi connectivity index (χ0n) is 12.5. The number of carbonyl (C=O) groups is 1. The van der Waals surface area contributed by atoms with Gasteiger partial charge in [-0.05, 0) is 31.0 Å². The van der Waals surface area contributed by atoms with Gasteiger partial charge in [0.25, 0.3) is 5.91 Å². The molecule has 0 aliphatic carbocycles. The van der Waals surface area contributed by atoms with E-state index >= 15 is 0 Å². The molecule has 0 spiro atoms. The number of hydrogen-bond acceptors (Lipinski definition) is 4. The quantitative estimate of drug-likeness (QED) is 0.851. The largest absolute Gasteiger partial charge is 0.346 e. The molecule has 1 saturated heterocycles. The number of thiazole rings is 1. The highest BCUT2D eigenvalue weighted by molar-refractivity contribution is 7.13. The lowest BCUT2D eigenvalue weighted by Crippen LogP contribution is -2.47. The van der Waals surface area contributed by atoms with Gasteiger partial charge in [-0.15, -0.1) is 11.3 Å². The Morgan fingerprint density at radius 2 is 2.39 bits per heavy atom. The lowest BCUT2D eigenvalue weighted by Gasteiger charge is -2.32. The molecule has 1 fully saturated rings. The Morgan fingerprint density at radius 3 is 3.17 bits per heavy atom. The monoisotopic (exact) mass is 345 g/mol. The number of nitrogens with one attached hydrogen (secondary N) is 1. The van der Waals surface area contributed by atoms with Gasteiger partial charge in [-0.25, -0.2) is 4.98 Å². The molecule has 23 heavy (non-hydrogen) atoms. The maximum Gasteiger partial charge on any atom is 0.296 e. The summed E-state index contributed by atoms with van der Waals surface area (Å²) in [6, 6.07) is 7.27. The minimum Gasteiger partial charge on any atom is -0.346 e. The summed E-state index contributed by atoms with van der Waals surface area (Å²) in [6.45, 7) is 1.76. The second kappa shape index (κ2) is 7.49. The third-order valence-electron chi connectivity index (χ3n) is 3.59. The van der Waals surface area contributed by atoms with Gasteiger partial charge >= 0.3 is 0 Å². The SMILES string of the molecule is O=C(C#Cc1cccc(Cl)c1)NC1CCCN(c2nccs2)C1. The average molecular weight is 346 g/mol. The fourth-order valence-electron chi connectivity index (χ4n) is 2.56. The normalized spacial score (nSPS) is 17.3. The standard InChI is InChI=1S/C17H16ClN3OS/c18-14-4-1-3-13(11-14)6-7-16(22)20-15-5-2-9-21(12-15)17-19-8-10-23-17/h1,3-4,8,10-11,15H,2,5,9,12H2,(H,20,22). The van der Waals surface area contributed by atoms with Crippen LogP contribution in [-0.2, 0) is 4.79 Å². The maximum atomic E-state index is 12.0. The highest BCUT2D eigenvalue weighted by Crippen LogP contribution is 2.21. The molecule has 1 aliphatic rings. The number of hydrogen-bond donors (Lipinski definition) is 1. The molecule has 1 N–H and O–H groups in total. The van der Waals surface area contributed by atoms with E-state index in [0.29, 0.717) is 5.02 Å². The van der Waals surface area contributed by atoms with Gasteiger partial charge in [0.2, 0.25) is 0 Å². The van der Waals surface area contributed by atoms with Gasteiger partial charge in [-0.3, -0.25) is 4.79 Å². The predicted molar refractivity (Wildman–Crippen MR) is 93.8 cm³/mol. The van der Waals surface area contributed by atoms with Crippen molar-refractivity contribution in [2.24, 2.45) is 0 Å². The first-order valence-corrected chi connectivity index (χ1v) is 8.69. The van der Waals surface area contributed by atoms with Crippen molar-refractivity contribution in [1.29, 1.82) is 0 Å². The Bertz CT molecular complexity index is 736. The van der Waals surface area contributed by atoms with Crippen molar-refractivity contribution < 1.29 is 4.79 Å². The van der Waals surface area contributed by atoms with Crippen LogP contribution in [0.4, 0.5) is 5.13 Å². The summed E-state index contributed by atoms with van der Waals surface area (Å²) in [4.78, 5) is 18.6. The highest BCUT2D eigenvalue weighted by atomic mass is 35.5. The molecule has 1 atom stereocenters. The van der Waals surface area contributed by atoms with Crippen LogP contribution in [0.15, 0.2) is 35.8 Å². The topological polar surface area (TPSA) is 45.2 Å². The van der Waals surface area contributed by atoms with Crippen LogP contribution in [0.25, 0.3) is 0 Å². The van der Waals surface area contributed by atoms with Crippen LogP contribution in [-0.4, -0.2) is 30.0 Å². The van der Waals surface area contributed by atoms with Gasteiger partial charge in [0.1, 0.15) is 0 Å². The molecule has 0 radical (unpaired) electrons. The number of anilines is 1. The maximum absolute atomic E-state index is 12.0. The summed E-state index contributed by atoms with van der Waals surface area (Å²) >= 11 is 7.52. The van der Waals surface area contributed by atoms with Crippen LogP contribution in [0.5, 0.6) is 0 Å². The summed E-state index contributed by atoms with van der Waals surface area (Å²) < 4.78 is 0. The fraction of sp³-hybridized carbons (Fsp3) is 0.294. The molecule has 1 aromatic heterocycles. The van der Waals surface area contributed by atoms with Crippen molar-refractivity contribution >= 4 is 34.0 Å². The van der Waals surface area contributed by atoms with E-state index < -0.39 is 0 Å². The van der Waals surface area contributed by atoms with Crippen molar-refractivity contribution in [1.82, 2.24) is 10.3 Å². The Balaban J connectivity index is 1.58. The molecular weight excluding hydrogens is 330 g/mol. The van der Waals surface area contributed by atoms with Crippen LogP contribution in [0.1, 0.15) is 18.4 Å². The molecule has 2 heterocycles. The third-order valence-corrected chi connectivity index (χ3v) is 4.66. The Kier molecular flexibility index (Phi) is 5.16. The van der Waals surface area contributed by atoms with E-state index in [4.69, 9.17) is 11.6 Å². The average Bonchev–Trinajstić information content (AvgIpc) is 3.08. The van der Waals surface area contributed by atoms with E-state index in [-0.39, 0.29) is 11.9 Å². The van der Waals surface area contributed by atoms with E-state index in [9.17, 15) is 4.79 Å². The van der Waals surface area contributed by atoms with Crippen LogP contribution in [0.3, 0.4) is 0 Å². The molecule has 1 unspecified atom stereocenters. The summed E-state index contributed by atoms with van der Waals surface area (Å²) in [5.74, 6) is 5.22. The fourth-order valence-corrected chi connectivity index (χ4v) is 3.43. The van der Waals surface area contributed by atoms with Crippen LogP contribution >= 0.6 is 22.9 Å². The molecular formula is C17H16ClN3OS. The number of piperidine rings is 1. The number of nitrogens with zero attached hydrogens (tertiary/aromatic N) is 2. The summed E-state index contributed by atoms with van der Waals surface area (Å²) in [7, 11) is 0. The minimum atomic E-state index is -0.254. The Labute approximate surface area is 144 Å². The van der Waals surface area contributed by atoms with Crippen LogP contribution in [0, 0.1) is 11.8 Å². The smallest absolute Gasteiger partial charge is 0.296 e. The van der Waals surface area contributed by atoms with Crippen LogP contribution < -0.4 is 10.2 Å². The van der Waals surface area contributed by atoms with Crippen molar-refractivity contribution in [3.63, 3.8) is 0 Å². The molecule has 0 bridgehead atoms. The number of benzene rings is 1. The molecule has 0 saturated carbocycles. The van der Waals surface area contributed by atoms with Gasteiger partial charge in [0.05, 0.1) is 0 Å². The lowest BCUT2D eigenvalue weighted by atomic mass is 10.1. The molecule has 1 aliphatic heterocycles. The second-order valence-corrected chi connectivity index (χ2v) is 6.64. The first kappa shape index (κ1) is 15.9. The Hall–Kier alpha value is -2.03. The summed E-state index contributed by atoms with van der Waals surface area (Å²) in [5.41, 5.74) is 0.737. The lowest BCUT2D eigenvalue weighted by molar-refractivity contribution is -0.116. The van der Waals surface area contributed by atoms with Gasteiger partial charge in [-0.2, -0.15) is 0 Å². The van der Waals surface area contributed by atoms with E-state index in [1.54, 1.807) is 29.7 Å². The summed E-state index contributed by atoms with van der Waals surface area (Å²) in [6.07, 6.45) is 3.80. The van der Waals surface area contributed by atoms with E-state index in [1.807, 2.05) is 17.5 Å².